The second-order valence-corrected chi connectivity index (χ2v) is 19.7. The Morgan fingerprint density at radius 1 is 0.456 bits per heavy atom. The van der Waals surface area contributed by atoms with Crippen molar-refractivity contribution in [2.75, 3.05) is 21.3 Å². The molecule has 0 radical (unpaired) electrons. The van der Waals surface area contributed by atoms with E-state index in [1.54, 1.807) is 0 Å². The molecule has 0 saturated carbocycles. The van der Waals surface area contributed by atoms with E-state index < -0.39 is 16.7 Å². The van der Waals surface area contributed by atoms with E-state index in [4.69, 9.17) is 14.2 Å². The summed E-state index contributed by atoms with van der Waals surface area (Å²) in [6, 6.07) is 18.3. The van der Waals surface area contributed by atoms with E-state index in [1.807, 2.05) is 55.0 Å². The summed E-state index contributed by atoms with van der Waals surface area (Å²) in [5.74, 6) is 0.562. The summed E-state index contributed by atoms with van der Waals surface area (Å²) in [5.41, 5.74) is 12.3. The Morgan fingerprint density at radius 2 is 0.709 bits per heavy atom. The number of nitrogens with one attached hydrogen (secondary N) is 3. The number of hydrogen-bond acceptors (Lipinski definition) is 12. The summed E-state index contributed by atoms with van der Waals surface area (Å²) in [4.78, 5) is 58.1. The second kappa shape index (κ2) is 26.2. The average molecular weight is 1080 g/mol. The fourth-order valence-electron chi connectivity index (χ4n) is 9.05. The summed E-state index contributed by atoms with van der Waals surface area (Å²) in [6.45, 7) is 17.0. The van der Waals surface area contributed by atoms with Gasteiger partial charge in [0.25, 0.3) is 16.7 Å². The number of benzene rings is 3. The van der Waals surface area contributed by atoms with Crippen LogP contribution in [0.15, 0.2) is 123 Å². The van der Waals surface area contributed by atoms with Crippen LogP contribution in [0.5, 0.6) is 17.6 Å². The van der Waals surface area contributed by atoms with Crippen LogP contribution in [-0.4, -0.2) is 82.8 Å². The number of fused-ring (bicyclic) bond motifs is 3. The van der Waals surface area contributed by atoms with Crippen LogP contribution in [0, 0.1) is 36.4 Å². The van der Waals surface area contributed by atoms with E-state index in [-0.39, 0.29) is 88.4 Å². The monoisotopic (exact) mass is 1080 g/mol. The molecule has 3 aromatic carbocycles. The van der Waals surface area contributed by atoms with Crippen LogP contribution in [-0.2, 0) is 38.5 Å². The molecule has 6 heterocycles. The molecule has 0 fully saturated rings. The van der Waals surface area contributed by atoms with Gasteiger partial charge in [-0.1, -0.05) is 89.5 Å². The summed E-state index contributed by atoms with van der Waals surface area (Å²) in [5, 5.41) is 40.1. The van der Waals surface area contributed by atoms with Crippen molar-refractivity contribution in [3.63, 3.8) is 0 Å². The quantitative estimate of drug-likeness (QED) is 0.0641. The van der Waals surface area contributed by atoms with Crippen molar-refractivity contribution >= 4 is 50.1 Å². The first-order valence-corrected chi connectivity index (χ1v) is 25.4. The Bertz CT molecular complexity index is 3530. The normalized spacial score (nSPS) is 10.8. The summed E-state index contributed by atoms with van der Waals surface area (Å²) in [6.07, 6.45) is 15.5. The van der Waals surface area contributed by atoms with Crippen LogP contribution < -0.4 is 30.9 Å². The third-order valence-corrected chi connectivity index (χ3v) is 13.3. The zero-order valence-corrected chi connectivity index (χ0v) is 48.0. The standard InChI is InChI=1S/3C20H22N3O3.Al/c3*1-12(2)8-9-14-6-5-7-16-15(11-21-18(14)16)10-17-19(26-4)22-13(3)20(24)23(17)25;/h3*5-8,11,21H,9-10H2,1-4H3;/q3*-1;+3. The van der Waals surface area contributed by atoms with Crippen LogP contribution in [0.3, 0.4) is 0 Å². The van der Waals surface area contributed by atoms with Gasteiger partial charge >= 0.3 is 17.4 Å². The molecule has 18 nitrogen and oxygen atoms in total. The zero-order chi connectivity index (χ0) is 56.5. The third-order valence-electron chi connectivity index (χ3n) is 13.3. The van der Waals surface area contributed by atoms with Gasteiger partial charge in [-0.2, -0.15) is 0 Å². The predicted octanol–water partition coefficient (Wildman–Crippen LogP) is 10.1. The number of ether oxygens (including phenoxy) is 3. The number of H-pyrrole nitrogens is 3. The largest absolute Gasteiger partial charge is 3.00 e. The van der Waals surface area contributed by atoms with Crippen molar-refractivity contribution in [1.82, 2.24) is 44.1 Å². The van der Waals surface area contributed by atoms with Gasteiger partial charge < -0.3 is 59.0 Å². The first-order valence-electron chi connectivity index (χ1n) is 25.4. The Hall–Kier alpha value is -8.53. The van der Waals surface area contributed by atoms with Gasteiger partial charge in [0.15, 0.2) is 0 Å². The van der Waals surface area contributed by atoms with E-state index in [9.17, 15) is 30.0 Å². The molecule has 3 N–H and O–H groups in total. The van der Waals surface area contributed by atoms with Crippen LogP contribution in [0.25, 0.3) is 32.7 Å². The zero-order valence-electron chi connectivity index (χ0n) is 46.8. The van der Waals surface area contributed by atoms with Gasteiger partial charge in [-0.05, 0) is 115 Å². The number of aromatic nitrogens is 9. The topological polar surface area (TPSA) is 249 Å². The van der Waals surface area contributed by atoms with Crippen LogP contribution >= 0.6 is 0 Å². The molecule has 6 aromatic heterocycles. The number of para-hydroxylation sites is 3. The Kier molecular flexibility index (Phi) is 19.8. The molecule has 0 aliphatic carbocycles. The number of allylic oxidation sites excluding steroid dienone is 6. The van der Waals surface area contributed by atoms with Gasteiger partial charge in [-0.15, -0.1) is 0 Å². The van der Waals surface area contributed by atoms with E-state index in [0.717, 1.165) is 68.7 Å². The number of rotatable bonds is 15. The predicted molar refractivity (Wildman–Crippen MR) is 314 cm³/mol. The molecule has 408 valence electrons. The average Bonchev–Trinajstić information content (AvgIpc) is 4.19. The molecule has 0 aliphatic rings. The molecule has 79 heavy (non-hydrogen) atoms. The van der Waals surface area contributed by atoms with E-state index in [1.165, 1.54) is 75.5 Å². The molecule has 0 saturated heterocycles. The SMILES string of the molecule is COc1nc(C)c(=O)n([O-])c1Cc1c[nH]c2c(CC=C(C)C)cccc12.COc1nc(C)c(=O)n([O-])c1Cc1c[nH]c2c(CC=C(C)C)cccc12.COc1nc(C)c(=O)n([O-])c1Cc1c[nH]c2c(CC=C(C)C)cccc12.[Al+3]. The molecule has 0 atom stereocenters. The van der Waals surface area contributed by atoms with Gasteiger partial charge in [0.05, 0.1) is 38.4 Å². The maximum atomic E-state index is 12.3. The van der Waals surface area contributed by atoms with Crippen molar-refractivity contribution in [2.24, 2.45) is 0 Å². The molecule has 19 heteroatoms. The fourth-order valence-corrected chi connectivity index (χ4v) is 9.05. The van der Waals surface area contributed by atoms with E-state index in [0.29, 0.717) is 14.2 Å². The van der Waals surface area contributed by atoms with Gasteiger partial charge in [0.2, 0.25) is 17.6 Å². The first-order chi connectivity index (χ1) is 37.3. The minimum Gasteiger partial charge on any atom is -0.803 e. The van der Waals surface area contributed by atoms with Gasteiger partial charge in [0.1, 0.15) is 17.1 Å². The molecule has 9 aromatic rings. The number of aryl methyl sites for hydroxylation is 3. The molecular formula is C60H66AlN9O9. The maximum Gasteiger partial charge on any atom is 3.00 e. The molecule has 9 rings (SSSR count). The molecule has 0 bridgehead atoms. The molecule has 0 spiro atoms. The van der Waals surface area contributed by atoms with Gasteiger partial charge in [-0.3, -0.25) is 14.4 Å². The minimum atomic E-state index is -0.648. The van der Waals surface area contributed by atoms with E-state index in [2.05, 4.69) is 108 Å². The Balaban J connectivity index is 0.000000190. The summed E-state index contributed by atoms with van der Waals surface area (Å²) >= 11 is 0. The van der Waals surface area contributed by atoms with Crippen molar-refractivity contribution in [2.45, 2.75) is 101 Å². The first kappa shape index (κ1) is 59.7. The maximum absolute atomic E-state index is 12.3. The summed E-state index contributed by atoms with van der Waals surface area (Å²) in [7, 11) is 4.34. The third kappa shape index (κ3) is 13.4. The molecular weight excluding hydrogens is 1020 g/mol. The molecule has 0 amide bonds. The number of methoxy groups -OCH3 is 3. The van der Waals surface area contributed by atoms with Crippen molar-refractivity contribution in [1.29, 1.82) is 0 Å². The van der Waals surface area contributed by atoms with Crippen molar-refractivity contribution in [3.8, 4) is 17.6 Å². The van der Waals surface area contributed by atoms with E-state index >= 15 is 0 Å². The number of nitrogens with zero attached hydrogens (tertiary/aromatic N) is 6. The number of aromatic amines is 3. The van der Waals surface area contributed by atoms with Gasteiger partial charge in [0, 0.05) is 70.6 Å². The van der Waals surface area contributed by atoms with Crippen LogP contribution in [0.2, 0.25) is 0 Å². The smallest absolute Gasteiger partial charge is 0.803 e. The number of hydrogen-bond donors (Lipinski definition) is 3. The van der Waals surface area contributed by atoms with Crippen LogP contribution in [0.1, 0.15) is 109 Å². The van der Waals surface area contributed by atoms with Gasteiger partial charge in [-0.25, -0.2) is 15.0 Å². The Labute approximate surface area is 468 Å². The fraction of sp³-hybridized carbons (Fsp3) is 0.300. The van der Waals surface area contributed by atoms with Crippen molar-refractivity contribution < 1.29 is 14.2 Å². The minimum absolute atomic E-state index is 0. The Morgan fingerprint density at radius 3 is 0.937 bits per heavy atom. The van der Waals surface area contributed by atoms with Crippen LogP contribution in [0.4, 0.5) is 0 Å². The van der Waals surface area contributed by atoms with Crippen molar-refractivity contribution in [3.05, 3.63) is 222 Å². The molecule has 0 aliphatic heterocycles. The molecule has 0 unspecified atom stereocenters. The second-order valence-electron chi connectivity index (χ2n) is 19.7. The summed E-state index contributed by atoms with van der Waals surface area (Å²) < 4.78 is 16.8.